The monoisotopic (exact) mass is 205 g/mol. The molecular weight excluding hydrogens is 190 g/mol. The third-order valence-electron chi connectivity index (χ3n) is 5.28. The average Bonchev–Trinajstić information content (AvgIpc) is 2.95. The van der Waals surface area contributed by atoms with Gasteiger partial charge in [0.25, 0.3) is 0 Å². The molecule has 0 N–H and O–H groups in total. The molecule has 3 nitrogen and oxygen atoms in total. The van der Waals surface area contributed by atoms with Crippen molar-refractivity contribution in [1.82, 2.24) is 0 Å². The fourth-order valence-electron chi connectivity index (χ4n) is 4.94. The minimum Gasteiger partial charge on any atom is -0.264 e. The maximum atomic E-state index is 11.0. The van der Waals surface area contributed by atoms with Gasteiger partial charge in [-0.1, -0.05) is 11.1 Å². The Hall–Kier alpha value is -0.860. The van der Waals surface area contributed by atoms with Gasteiger partial charge in [0.15, 0.2) is 0 Å². The lowest BCUT2D eigenvalue weighted by Crippen LogP contribution is -2.29. The van der Waals surface area contributed by atoms with E-state index in [1.54, 1.807) is 11.1 Å². The van der Waals surface area contributed by atoms with Crippen molar-refractivity contribution in [2.75, 3.05) is 0 Å². The highest BCUT2D eigenvalue weighted by molar-refractivity contribution is 5.40. The van der Waals surface area contributed by atoms with Gasteiger partial charge in [-0.15, -0.1) is 0 Å². The van der Waals surface area contributed by atoms with E-state index in [2.05, 4.69) is 0 Å². The van der Waals surface area contributed by atoms with Crippen molar-refractivity contribution in [3.8, 4) is 0 Å². The fourth-order valence-corrected chi connectivity index (χ4v) is 4.94. The standard InChI is InChI=1S/C12H15NO2/c14-13(15)10-5-8-4-9(10)12-7-2-1-6(3-7)11(8)12/h6-10H,1-5H2/t6-,7-,8+,9+,10+/m0/s1. The van der Waals surface area contributed by atoms with Crippen LogP contribution >= 0.6 is 0 Å². The van der Waals surface area contributed by atoms with Crippen LogP contribution in [0.1, 0.15) is 32.1 Å². The second kappa shape index (κ2) is 2.45. The summed E-state index contributed by atoms with van der Waals surface area (Å²) in [4.78, 5) is 11.0. The van der Waals surface area contributed by atoms with E-state index in [4.69, 9.17) is 0 Å². The minimum atomic E-state index is -0.229. The molecule has 0 saturated heterocycles. The van der Waals surface area contributed by atoms with E-state index in [0.717, 1.165) is 24.7 Å². The van der Waals surface area contributed by atoms with Crippen LogP contribution in [0.15, 0.2) is 11.1 Å². The normalized spacial score (nSPS) is 50.3. The molecule has 80 valence electrons. The highest BCUT2D eigenvalue weighted by Crippen LogP contribution is 2.63. The fraction of sp³-hybridized carbons (Fsp3) is 0.833. The molecule has 5 atom stereocenters. The maximum absolute atomic E-state index is 11.0. The molecular formula is C12H15NO2. The van der Waals surface area contributed by atoms with Crippen LogP contribution < -0.4 is 0 Å². The molecule has 2 saturated carbocycles. The lowest BCUT2D eigenvalue weighted by atomic mass is 9.80. The third-order valence-corrected chi connectivity index (χ3v) is 5.28. The summed E-state index contributed by atoms with van der Waals surface area (Å²) >= 11 is 0. The summed E-state index contributed by atoms with van der Waals surface area (Å²) < 4.78 is 0. The van der Waals surface area contributed by atoms with Crippen LogP contribution in [-0.4, -0.2) is 11.0 Å². The molecule has 0 aromatic heterocycles. The smallest absolute Gasteiger partial charge is 0.220 e. The number of hydrogen-bond donors (Lipinski definition) is 0. The quantitative estimate of drug-likeness (QED) is 0.285. The summed E-state index contributed by atoms with van der Waals surface area (Å²) in [5.41, 5.74) is 3.28. The largest absolute Gasteiger partial charge is 0.264 e. The van der Waals surface area contributed by atoms with Gasteiger partial charge in [0, 0.05) is 17.3 Å². The number of hydrogen-bond acceptors (Lipinski definition) is 2. The van der Waals surface area contributed by atoms with Crippen LogP contribution in [0.4, 0.5) is 0 Å². The molecule has 4 aliphatic rings. The van der Waals surface area contributed by atoms with Crippen molar-refractivity contribution in [1.29, 1.82) is 0 Å². The minimum absolute atomic E-state index is 0.0135. The lowest BCUT2D eigenvalue weighted by molar-refractivity contribution is -0.527. The van der Waals surface area contributed by atoms with Crippen molar-refractivity contribution >= 4 is 0 Å². The van der Waals surface area contributed by atoms with Gasteiger partial charge in [0.2, 0.25) is 6.04 Å². The van der Waals surface area contributed by atoms with E-state index in [1.165, 1.54) is 19.3 Å². The first-order valence-corrected chi connectivity index (χ1v) is 6.13. The van der Waals surface area contributed by atoms with Gasteiger partial charge in [-0.3, -0.25) is 10.1 Å². The molecule has 0 aromatic rings. The van der Waals surface area contributed by atoms with Gasteiger partial charge in [0.1, 0.15) is 0 Å². The van der Waals surface area contributed by atoms with Gasteiger partial charge in [-0.05, 0) is 43.4 Å². The zero-order valence-electron chi connectivity index (χ0n) is 8.69. The molecule has 2 fully saturated rings. The van der Waals surface area contributed by atoms with Gasteiger partial charge in [-0.2, -0.15) is 0 Å². The first kappa shape index (κ1) is 8.31. The van der Waals surface area contributed by atoms with Crippen LogP contribution in [0.5, 0.6) is 0 Å². The molecule has 3 heteroatoms. The second-order valence-electron chi connectivity index (χ2n) is 5.75. The number of allylic oxidation sites excluding steroid dienone is 1. The van der Waals surface area contributed by atoms with Crippen LogP contribution in [0.3, 0.4) is 0 Å². The summed E-state index contributed by atoms with van der Waals surface area (Å²) in [6.07, 6.45) is 5.98. The Morgan fingerprint density at radius 2 is 1.73 bits per heavy atom. The van der Waals surface area contributed by atoms with Crippen LogP contribution in [0, 0.1) is 33.8 Å². The zero-order valence-corrected chi connectivity index (χ0v) is 8.69. The number of rotatable bonds is 1. The van der Waals surface area contributed by atoms with E-state index in [1.807, 2.05) is 0 Å². The lowest BCUT2D eigenvalue weighted by Gasteiger charge is -2.25. The van der Waals surface area contributed by atoms with Gasteiger partial charge >= 0.3 is 0 Å². The molecule has 0 heterocycles. The molecule has 0 aliphatic heterocycles. The van der Waals surface area contributed by atoms with Crippen molar-refractivity contribution in [2.45, 2.75) is 38.1 Å². The van der Waals surface area contributed by atoms with E-state index >= 15 is 0 Å². The maximum Gasteiger partial charge on any atom is 0.220 e. The number of nitro groups is 1. The molecule has 4 aliphatic carbocycles. The summed E-state index contributed by atoms with van der Waals surface area (Å²) in [6, 6.07) is -0.229. The molecule has 4 bridgehead atoms. The Morgan fingerprint density at radius 1 is 1.00 bits per heavy atom. The molecule has 0 unspecified atom stereocenters. The average molecular weight is 205 g/mol. The van der Waals surface area contributed by atoms with E-state index in [9.17, 15) is 10.1 Å². The predicted molar refractivity (Wildman–Crippen MR) is 54.9 cm³/mol. The second-order valence-corrected chi connectivity index (χ2v) is 5.75. The van der Waals surface area contributed by atoms with Crippen LogP contribution in [-0.2, 0) is 0 Å². The highest BCUT2D eigenvalue weighted by atomic mass is 16.6. The number of nitrogens with zero attached hydrogens (tertiary/aromatic N) is 1. The SMILES string of the molecule is O=[N+]([O-])[C@@H]1C[C@H]2C[C@H]1C1=C2[C@H]2CC[C@H]1C2. The molecule has 4 rings (SSSR count). The van der Waals surface area contributed by atoms with Gasteiger partial charge in [0.05, 0.1) is 0 Å². The van der Waals surface area contributed by atoms with E-state index in [0.29, 0.717) is 11.8 Å². The zero-order chi connectivity index (χ0) is 10.2. The first-order chi connectivity index (χ1) is 7.25. The van der Waals surface area contributed by atoms with Crippen LogP contribution in [0.25, 0.3) is 0 Å². The molecule has 0 radical (unpaired) electrons. The molecule has 0 spiro atoms. The number of fused-ring (bicyclic) bond motifs is 8. The van der Waals surface area contributed by atoms with Crippen molar-refractivity contribution in [3.63, 3.8) is 0 Å². The van der Waals surface area contributed by atoms with Crippen molar-refractivity contribution in [3.05, 3.63) is 21.3 Å². The van der Waals surface area contributed by atoms with Gasteiger partial charge in [-0.25, -0.2) is 0 Å². The predicted octanol–water partition coefficient (Wildman–Crippen LogP) is 2.40. The van der Waals surface area contributed by atoms with E-state index in [-0.39, 0.29) is 11.0 Å². The highest BCUT2D eigenvalue weighted by Gasteiger charge is 2.58. The Morgan fingerprint density at radius 3 is 2.47 bits per heavy atom. The van der Waals surface area contributed by atoms with E-state index < -0.39 is 0 Å². The van der Waals surface area contributed by atoms with Crippen molar-refractivity contribution < 1.29 is 4.92 Å². The molecule has 0 aromatic carbocycles. The topological polar surface area (TPSA) is 43.1 Å². The summed E-state index contributed by atoms with van der Waals surface area (Å²) in [7, 11) is 0. The summed E-state index contributed by atoms with van der Waals surface area (Å²) in [5, 5.41) is 11.0. The Balaban J connectivity index is 1.77. The Bertz CT molecular complexity index is 387. The third kappa shape index (κ3) is 0.837. The Kier molecular flexibility index (Phi) is 1.35. The first-order valence-electron chi connectivity index (χ1n) is 6.13. The van der Waals surface area contributed by atoms with Gasteiger partial charge < -0.3 is 0 Å². The van der Waals surface area contributed by atoms with Crippen LogP contribution in [0.2, 0.25) is 0 Å². The Labute approximate surface area is 88.7 Å². The van der Waals surface area contributed by atoms with Crippen molar-refractivity contribution in [2.24, 2.45) is 23.7 Å². The molecule has 15 heavy (non-hydrogen) atoms. The molecule has 0 amide bonds. The summed E-state index contributed by atoms with van der Waals surface area (Å²) in [6.45, 7) is 0. The summed E-state index contributed by atoms with van der Waals surface area (Å²) in [5.74, 6) is 2.54.